The van der Waals surface area contributed by atoms with Crippen LogP contribution in [0.25, 0.3) is 63.3 Å². The third-order valence-corrected chi connectivity index (χ3v) is 34.9. The molecule has 12 heteroatoms. The van der Waals surface area contributed by atoms with Crippen molar-refractivity contribution in [1.29, 1.82) is 0 Å². The number of rotatable bonds is 44. The lowest BCUT2D eigenvalue weighted by Gasteiger charge is -2.31. The van der Waals surface area contributed by atoms with Gasteiger partial charge in [0.1, 0.15) is 0 Å². The highest BCUT2D eigenvalue weighted by atomic mass is 79.9. The van der Waals surface area contributed by atoms with Crippen LogP contribution in [0.15, 0.2) is 63.7 Å². The van der Waals surface area contributed by atoms with Gasteiger partial charge >= 0.3 is 0 Å². The van der Waals surface area contributed by atoms with Crippen LogP contribution in [0.4, 0.5) is 0 Å². The van der Waals surface area contributed by atoms with Crippen LogP contribution in [0.3, 0.4) is 0 Å². The van der Waals surface area contributed by atoms with Gasteiger partial charge < -0.3 is 0 Å². The molecule has 0 aromatic carbocycles. The summed E-state index contributed by atoms with van der Waals surface area (Å²) in [5.41, 5.74) is 13.8. The van der Waals surface area contributed by atoms with Gasteiger partial charge in [-0.1, -0.05) is 261 Å². The van der Waals surface area contributed by atoms with Gasteiger partial charge in [0.05, 0.1) is 15.1 Å². The average molecular weight is 1750 g/mol. The number of hydrogen-bond donors (Lipinski definition) is 0. The van der Waals surface area contributed by atoms with Crippen LogP contribution in [0, 0.1) is 0 Å². The van der Waals surface area contributed by atoms with Crippen molar-refractivity contribution in [2.24, 2.45) is 0 Å². The summed E-state index contributed by atoms with van der Waals surface area (Å²) < 4.78 is 5.19. The lowest BCUT2D eigenvalue weighted by Crippen LogP contribution is -2.25. The third-order valence-electron chi connectivity index (χ3n) is 23.2. The van der Waals surface area contributed by atoms with Gasteiger partial charge in [-0.2, -0.15) is 0 Å². The molecule has 0 saturated carbocycles. The van der Waals surface area contributed by atoms with Crippen molar-refractivity contribution in [1.82, 2.24) is 0 Å². The number of unbranched alkanes of at least 4 members (excludes halogenated alkanes) is 24. The standard InChI is InChI=1S/2C44H58Br2S4/c2*1-5-9-13-17-23-43(24-18-14-10-6-2)33-27-31(47-39(33)41-35(43)29-37(45)49-41)21-22-32-28-34-40(48-32)42-36(30-38(46)50-42)44(34,25-19-15-11-7-3)26-20-16-12-8-4/h2*21-22,27-30H,5-20,23-26H2,1-4H3/b2*22-21+. The third kappa shape index (κ3) is 17.7. The summed E-state index contributed by atoms with van der Waals surface area (Å²) in [6.45, 7) is 18.7. The second kappa shape index (κ2) is 38.4. The number of hydrogen-bond acceptors (Lipinski definition) is 8. The van der Waals surface area contributed by atoms with Crippen LogP contribution >= 0.6 is 154 Å². The van der Waals surface area contributed by atoms with Gasteiger partial charge in [0.15, 0.2) is 0 Å². The molecule has 0 saturated heterocycles. The van der Waals surface area contributed by atoms with Crippen molar-refractivity contribution in [2.75, 3.05) is 0 Å². The fraction of sp³-hybridized carbons (Fsp3) is 0.591. The molecule has 12 rings (SSSR count). The van der Waals surface area contributed by atoms with E-state index in [-0.39, 0.29) is 21.7 Å². The predicted octanol–water partition coefficient (Wildman–Crippen LogP) is 36.1. The second-order valence-corrected chi connectivity index (χ2v) is 44.3. The van der Waals surface area contributed by atoms with Crippen molar-refractivity contribution in [3.63, 3.8) is 0 Å². The van der Waals surface area contributed by atoms with E-state index in [9.17, 15) is 0 Å². The van der Waals surface area contributed by atoms with E-state index in [1.165, 1.54) is 291 Å². The van der Waals surface area contributed by atoms with Crippen LogP contribution < -0.4 is 0 Å². The topological polar surface area (TPSA) is 0 Å². The van der Waals surface area contributed by atoms with Crippen molar-refractivity contribution < 1.29 is 0 Å². The molecule has 100 heavy (non-hydrogen) atoms. The molecule has 0 nitrogen and oxygen atoms in total. The first kappa shape index (κ1) is 80.0. The molecule has 0 atom stereocenters. The predicted molar refractivity (Wildman–Crippen MR) is 472 cm³/mol. The monoisotopic (exact) mass is 1740 g/mol. The highest BCUT2D eigenvalue weighted by Gasteiger charge is 2.49. The Kier molecular flexibility index (Phi) is 30.7. The zero-order valence-electron chi connectivity index (χ0n) is 62.0. The fourth-order valence-corrected chi connectivity index (χ4v) is 30.1. The number of fused-ring (bicyclic) bond motifs is 12. The molecule has 4 aliphatic rings. The van der Waals surface area contributed by atoms with Crippen molar-refractivity contribution in [3.05, 3.63) is 128 Å². The Labute approximate surface area is 671 Å². The molecule has 8 aromatic heterocycles. The molecule has 8 heterocycles. The average Bonchev–Trinajstić information content (AvgIpc) is 1.58. The van der Waals surface area contributed by atoms with E-state index in [1.54, 1.807) is 83.5 Å². The van der Waals surface area contributed by atoms with Crippen LogP contribution in [-0.2, 0) is 21.7 Å². The quantitative estimate of drug-likeness (QED) is 0.0334. The Balaban J connectivity index is 0.000000202. The van der Waals surface area contributed by atoms with E-state index in [0.717, 1.165) is 0 Å². The zero-order chi connectivity index (χ0) is 70.3. The van der Waals surface area contributed by atoms with E-state index in [1.807, 2.05) is 90.7 Å². The highest BCUT2D eigenvalue weighted by molar-refractivity contribution is 9.11. The maximum Gasteiger partial charge on any atom is 0.0708 e. The minimum absolute atomic E-state index is 0.180. The fourth-order valence-electron chi connectivity index (χ4n) is 18.0. The molecule has 0 spiro atoms. The van der Waals surface area contributed by atoms with E-state index in [0.29, 0.717) is 0 Å². The smallest absolute Gasteiger partial charge is 0.0708 e. The van der Waals surface area contributed by atoms with Crippen LogP contribution in [0.5, 0.6) is 0 Å². The molecule has 8 aromatic rings. The second-order valence-electron chi connectivity index (χ2n) is 30.2. The molecule has 4 aliphatic carbocycles. The molecular formula is C88H116Br4S8. The van der Waals surface area contributed by atoms with Crippen molar-refractivity contribution >= 4 is 179 Å². The molecule has 544 valence electrons. The maximum absolute atomic E-state index is 3.91. The van der Waals surface area contributed by atoms with Crippen LogP contribution in [0.1, 0.15) is 376 Å². The minimum Gasteiger partial charge on any atom is -0.135 e. The van der Waals surface area contributed by atoms with Crippen molar-refractivity contribution in [3.8, 4) is 39.0 Å². The van der Waals surface area contributed by atoms with Gasteiger partial charge in [-0.15, -0.1) is 90.7 Å². The Morgan fingerprint density at radius 2 is 0.360 bits per heavy atom. The lowest BCUT2D eigenvalue weighted by atomic mass is 9.71. The Morgan fingerprint density at radius 1 is 0.210 bits per heavy atom. The van der Waals surface area contributed by atoms with E-state index in [4.69, 9.17) is 0 Å². The molecule has 0 amide bonds. The lowest BCUT2D eigenvalue weighted by molar-refractivity contribution is 0.402. The summed E-state index contributed by atoms with van der Waals surface area (Å²) in [6.07, 6.45) is 62.8. The van der Waals surface area contributed by atoms with Gasteiger partial charge in [0, 0.05) is 80.2 Å². The van der Waals surface area contributed by atoms with Gasteiger partial charge in [-0.05, 0) is 232 Å². The molecule has 0 N–H and O–H groups in total. The molecular weight excluding hydrogens is 1630 g/mol. The van der Waals surface area contributed by atoms with E-state index in [2.05, 4.69) is 192 Å². The summed E-state index contributed by atoms with van der Waals surface area (Å²) in [7, 11) is 0. The van der Waals surface area contributed by atoms with Gasteiger partial charge in [-0.3, -0.25) is 0 Å². The first-order valence-corrected chi connectivity index (χ1v) is 49.7. The minimum atomic E-state index is 0.180. The molecule has 0 bridgehead atoms. The molecule has 0 fully saturated rings. The highest BCUT2D eigenvalue weighted by Crippen LogP contribution is 2.65. The summed E-state index contributed by atoms with van der Waals surface area (Å²) in [5.74, 6) is 0. The summed E-state index contributed by atoms with van der Waals surface area (Å²) in [6, 6.07) is 20.4. The van der Waals surface area contributed by atoms with E-state index >= 15 is 0 Å². The number of thiophene rings is 8. The normalized spacial score (nSPS) is 15.2. The molecule has 0 aliphatic heterocycles. The maximum atomic E-state index is 3.91. The first-order chi connectivity index (χ1) is 48.8. The summed E-state index contributed by atoms with van der Waals surface area (Å²) in [5, 5.41) is 0. The van der Waals surface area contributed by atoms with Gasteiger partial charge in [0.2, 0.25) is 0 Å². The Bertz CT molecular complexity index is 3380. The number of halogens is 4. The van der Waals surface area contributed by atoms with Gasteiger partial charge in [-0.25, -0.2) is 0 Å². The van der Waals surface area contributed by atoms with Gasteiger partial charge in [0.25, 0.3) is 0 Å². The SMILES string of the molecule is CCCCCCC1(CCCCCC)c2cc(Br)sc2-c2sc(/C=C/c3cc4c(s3)-c3sc(Br)cc3C4(CCCCCC)CCCCCC)cc21.CCCCCCC1(CCCCCC)c2cc(Br)sc2-c2sc(/C=C/c3cc4c(s3)-c3sc(Br)cc3C4(CCCCCC)CCCCCC)cc21. The summed E-state index contributed by atoms with van der Waals surface area (Å²) >= 11 is 31.7. The van der Waals surface area contributed by atoms with E-state index < -0.39 is 0 Å². The summed E-state index contributed by atoms with van der Waals surface area (Å²) in [4.78, 5) is 18.1. The first-order valence-electron chi connectivity index (χ1n) is 39.9. The Hall–Kier alpha value is -1.00. The zero-order valence-corrected chi connectivity index (χ0v) is 74.9. The van der Waals surface area contributed by atoms with Crippen molar-refractivity contribution in [2.45, 2.75) is 334 Å². The van der Waals surface area contributed by atoms with Crippen LogP contribution in [0.2, 0.25) is 0 Å². The largest absolute Gasteiger partial charge is 0.135 e. The van der Waals surface area contributed by atoms with Crippen LogP contribution in [-0.4, -0.2) is 0 Å². The molecule has 0 unspecified atom stereocenters. The molecule has 0 radical (unpaired) electrons. The Morgan fingerprint density at radius 3 is 0.520 bits per heavy atom.